The molecule has 0 spiro atoms. The van der Waals surface area contributed by atoms with E-state index in [-0.39, 0.29) is 12.5 Å². The second-order valence-electron chi connectivity index (χ2n) is 3.67. The summed E-state index contributed by atoms with van der Waals surface area (Å²) < 4.78 is 5.49. The Kier molecular flexibility index (Phi) is 3.16. The van der Waals surface area contributed by atoms with Crippen molar-refractivity contribution in [2.24, 2.45) is 5.11 Å². The molecular formula is C11H12N4O2. The molecule has 1 heterocycles. The van der Waals surface area contributed by atoms with Gasteiger partial charge in [-0.2, -0.15) is 0 Å². The van der Waals surface area contributed by atoms with Crippen molar-refractivity contribution < 1.29 is 9.53 Å². The van der Waals surface area contributed by atoms with E-state index in [0.29, 0.717) is 12.3 Å². The van der Waals surface area contributed by atoms with Crippen molar-refractivity contribution in [2.75, 3.05) is 18.0 Å². The molecule has 1 amide bonds. The van der Waals surface area contributed by atoms with Crippen LogP contribution in [-0.4, -0.2) is 25.1 Å². The van der Waals surface area contributed by atoms with Crippen molar-refractivity contribution in [3.63, 3.8) is 0 Å². The van der Waals surface area contributed by atoms with E-state index in [1.807, 2.05) is 24.3 Å². The number of carbonyl (C=O) groups excluding carboxylic acids is 1. The van der Waals surface area contributed by atoms with Crippen molar-refractivity contribution in [1.29, 1.82) is 0 Å². The minimum absolute atomic E-state index is 0.114. The number of benzene rings is 1. The number of nitrogens with zero attached hydrogens (tertiary/aromatic N) is 4. The van der Waals surface area contributed by atoms with Crippen LogP contribution in [0.3, 0.4) is 0 Å². The van der Waals surface area contributed by atoms with Crippen molar-refractivity contribution in [3.05, 3.63) is 34.7 Å². The zero-order chi connectivity index (χ0) is 12.3. The highest BCUT2D eigenvalue weighted by Gasteiger charge is 2.30. The third-order valence-electron chi connectivity index (χ3n) is 2.56. The van der Waals surface area contributed by atoms with Gasteiger partial charge in [0.25, 0.3) is 5.91 Å². The fraction of sp³-hybridized carbons (Fsp3) is 0.364. The smallest absolute Gasteiger partial charge is 0.267 e. The number of ether oxygens (including phenoxy) is 1. The maximum absolute atomic E-state index is 11.9. The van der Waals surface area contributed by atoms with Gasteiger partial charge in [-0.15, -0.1) is 0 Å². The van der Waals surface area contributed by atoms with Crippen LogP contribution in [0, 0.1) is 0 Å². The normalized spacial score (nSPS) is 18.1. The van der Waals surface area contributed by atoms with Gasteiger partial charge in [0.1, 0.15) is 5.75 Å². The maximum Gasteiger partial charge on any atom is 0.267 e. The number of rotatable bonds is 3. The fourth-order valence-corrected chi connectivity index (χ4v) is 1.78. The lowest BCUT2D eigenvalue weighted by Gasteiger charge is -2.32. The van der Waals surface area contributed by atoms with E-state index in [0.717, 1.165) is 5.69 Å². The molecule has 0 saturated carbocycles. The average molecular weight is 232 g/mol. The van der Waals surface area contributed by atoms with Crippen LogP contribution in [0.1, 0.15) is 6.92 Å². The largest absolute Gasteiger partial charge is 0.479 e. The molecular weight excluding hydrogens is 220 g/mol. The summed E-state index contributed by atoms with van der Waals surface area (Å²) in [5.41, 5.74) is 8.96. The zero-order valence-electron chi connectivity index (χ0n) is 9.41. The lowest BCUT2D eigenvalue weighted by Crippen LogP contribution is -2.45. The SMILES string of the molecule is CC1Oc2ccccc2N(CCN=[N+]=[N-])C1=O. The van der Waals surface area contributed by atoms with E-state index in [1.165, 1.54) is 0 Å². The standard InChI is InChI=1S/C11H12N4O2/c1-8-11(16)15(7-6-13-14-12)9-4-2-3-5-10(9)17-8/h2-5,8H,6-7H2,1H3. The first-order valence-electron chi connectivity index (χ1n) is 5.32. The molecule has 1 aromatic rings. The van der Waals surface area contributed by atoms with Crippen LogP contribution in [0.5, 0.6) is 5.75 Å². The van der Waals surface area contributed by atoms with E-state index < -0.39 is 6.10 Å². The maximum atomic E-state index is 11.9. The lowest BCUT2D eigenvalue weighted by molar-refractivity contribution is -0.125. The van der Waals surface area contributed by atoms with Crippen molar-refractivity contribution >= 4 is 11.6 Å². The van der Waals surface area contributed by atoms with E-state index in [2.05, 4.69) is 10.0 Å². The predicted molar refractivity (Wildman–Crippen MR) is 62.9 cm³/mol. The number of amides is 1. The van der Waals surface area contributed by atoms with Crippen LogP contribution < -0.4 is 9.64 Å². The van der Waals surface area contributed by atoms with Crippen LogP contribution in [0.4, 0.5) is 5.69 Å². The van der Waals surface area contributed by atoms with E-state index >= 15 is 0 Å². The Morgan fingerprint density at radius 1 is 1.53 bits per heavy atom. The molecule has 2 rings (SSSR count). The Hall–Kier alpha value is -2.20. The molecule has 0 bridgehead atoms. The van der Waals surface area contributed by atoms with Crippen LogP contribution in [0.25, 0.3) is 10.4 Å². The highest BCUT2D eigenvalue weighted by Crippen LogP contribution is 2.33. The lowest BCUT2D eigenvalue weighted by atomic mass is 10.2. The fourth-order valence-electron chi connectivity index (χ4n) is 1.78. The molecule has 88 valence electrons. The zero-order valence-corrected chi connectivity index (χ0v) is 9.41. The molecule has 1 unspecified atom stereocenters. The minimum atomic E-state index is -0.504. The Labute approximate surface area is 98.4 Å². The van der Waals surface area contributed by atoms with Crippen LogP contribution in [0.2, 0.25) is 0 Å². The number of hydrogen-bond donors (Lipinski definition) is 0. The molecule has 0 radical (unpaired) electrons. The van der Waals surface area contributed by atoms with E-state index in [1.54, 1.807) is 11.8 Å². The monoisotopic (exact) mass is 232 g/mol. The molecule has 6 heteroatoms. The summed E-state index contributed by atoms with van der Waals surface area (Å²) in [4.78, 5) is 16.2. The Morgan fingerprint density at radius 2 is 2.29 bits per heavy atom. The number of hydrogen-bond acceptors (Lipinski definition) is 3. The number of azide groups is 1. The molecule has 0 N–H and O–H groups in total. The van der Waals surface area contributed by atoms with Crippen molar-refractivity contribution in [1.82, 2.24) is 0 Å². The first kappa shape index (κ1) is 11.3. The summed E-state index contributed by atoms with van der Waals surface area (Å²) in [7, 11) is 0. The number of carbonyl (C=O) groups is 1. The van der Waals surface area contributed by atoms with E-state index in [4.69, 9.17) is 10.3 Å². The molecule has 0 fully saturated rings. The summed E-state index contributed by atoms with van der Waals surface area (Å²) in [6.45, 7) is 2.33. The third-order valence-corrected chi connectivity index (χ3v) is 2.56. The minimum Gasteiger partial charge on any atom is -0.479 e. The summed E-state index contributed by atoms with van der Waals surface area (Å²) in [6.07, 6.45) is -0.504. The topological polar surface area (TPSA) is 78.3 Å². The molecule has 6 nitrogen and oxygen atoms in total. The second-order valence-corrected chi connectivity index (χ2v) is 3.67. The number of anilines is 1. The molecule has 0 aliphatic carbocycles. The second kappa shape index (κ2) is 4.76. The number of para-hydroxylation sites is 2. The Morgan fingerprint density at radius 3 is 3.06 bits per heavy atom. The molecule has 1 aliphatic rings. The van der Waals surface area contributed by atoms with Gasteiger partial charge in [-0.3, -0.25) is 4.79 Å². The molecule has 1 aliphatic heterocycles. The molecule has 0 saturated heterocycles. The summed E-state index contributed by atoms with van der Waals surface area (Å²) >= 11 is 0. The molecule has 1 aromatic carbocycles. The van der Waals surface area contributed by atoms with Crippen molar-refractivity contribution in [3.8, 4) is 5.75 Å². The van der Waals surface area contributed by atoms with Gasteiger partial charge in [-0.25, -0.2) is 0 Å². The average Bonchev–Trinajstić information content (AvgIpc) is 2.34. The summed E-state index contributed by atoms with van der Waals surface area (Å²) in [5, 5.41) is 3.44. The highest BCUT2D eigenvalue weighted by molar-refractivity contribution is 5.99. The van der Waals surface area contributed by atoms with Crippen LogP contribution in [0.15, 0.2) is 29.4 Å². The van der Waals surface area contributed by atoms with Gasteiger partial charge in [0.15, 0.2) is 6.10 Å². The van der Waals surface area contributed by atoms with Gasteiger partial charge in [-0.05, 0) is 24.6 Å². The van der Waals surface area contributed by atoms with Gasteiger partial charge < -0.3 is 9.64 Å². The highest BCUT2D eigenvalue weighted by atomic mass is 16.5. The van der Waals surface area contributed by atoms with Gasteiger partial charge >= 0.3 is 0 Å². The summed E-state index contributed by atoms with van der Waals surface area (Å²) in [5.74, 6) is 0.567. The van der Waals surface area contributed by atoms with Crippen LogP contribution in [-0.2, 0) is 4.79 Å². The first-order chi connectivity index (χ1) is 8.24. The first-order valence-corrected chi connectivity index (χ1v) is 5.32. The van der Waals surface area contributed by atoms with Crippen molar-refractivity contribution in [2.45, 2.75) is 13.0 Å². The molecule has 17 heavy (non-hydrogen) atoms. The third kappa shape index (κ3) is 2.16. The molecule has 0 aromatic heterocycles. The number of fused-ring (bicyclic) bond motifs is 1. The Bertz CT molecular complexity index is 482. The summed E-state index contributed by atoms with van der Waals surface area (Å²) in [6, 6.07) is 7.33. The molecule has 1 atom stereocenters. The predicted octanol–water partition coefficient (Wildman–Crippen LogP) is 2.11. The quantitative estimate of drug-likeness (QED) is 0.454. The van der Waals surface area contributed by atoms with E-state index in [9.17, 15) is 4.79 Å². The van der Waals surface area contributed by atoms with Gasteiger partial charge in [0, 0.05) is 18.0 Å². The Balaban J connectivity index is 2.28. The van der Waals surface area contributed by atoms with Gasteiger partial charge in [0.2, 0.25) is 0 Å². The van der Waals surface area contributed by atoms with Gasteiger partial charge in [0.05, 0.1) is 5.69 Å². The van der Waals surface area contributed by atoms with Crippen LogP contribution >= 0.6 is 0 Å². The van der Waals surface area contributed by atoms with Gasteiger partial charge in [-0.1, -0.05) is 17.2 Å².